The average molecular weight is 203 g/mol. The molecule has 84 valence electrons. The highest BCUT2D eigenvalue weighted by atomic mass is 16.5. The molecule has 0 heterocycles. The third kappa shape index (κ3) is 4.07. The fourth-order valence-corrected chi connectivity index (χ4v) is 1.62. The van der Waals surface area contributed by atoms with Crippen LogP contribution in [0.1, 0.15) is 26.7 Å². The molecule has 0 aromatic carbocycles. The van der Waals surface area contributed by atoms with Gasteiger partial charge in [-0.25, -0.2) is 0 Å². The molecule has 0 aromatic rings. The minimum absolute atomic E-state index is 0.0480. The van der Waals surface area contributed by atoms with Gasteiger partial charge in [0.25, 0.3) is 0 Å². The van der Waals surface area contributed by atoms with Gasteiger partial charge in [-0.05, 0) is 13.0 Å². The summed E-state index contributed by atoms with van der Waals surface area (Å²) in [6.07, 6.45) is 0.796. The van der Waals surface area contributed by atoms with Gasteiger partial charge in [0.1, 0.15) is 0 Å². The van der Waals surface area contributed by atoms with E-state index in [4.69, 9.17) is 9.84 Å². The SMILES string of the molecule is CC[C@@H](C)[C@@H](NC)[C@H](CC(=O)O)OC. The van der Waals surface area contributed by atoms with Crippen LogP contribution in [0.3, 0.4) is 0 Å². The summed E-state index contributed by atoms with van der Waals surface area (Å²) < 4.78 is 5.19. The quantitative estimate of drug-likeness (QED) is 0.650. The van der Waals surface area contributed by atoms with Crippen molar-refractivity contribution in [1.82, 2.24) is 5.32 Å². The first-order valence-corrected chi connectivity index (χ1v) is 4.98. The number of ether oxygens (including phenoxy) is 1. The highest BCUT2D eigenvalue weighted by Gasteiger charge is 2.26. The van der Waals surface area contributed by atoms with Crippen molar-refractivity contribution < 1.29 is 14.6 Å². The zero-order chi connectivity index (χ0) is 11.1. The zero-order valence-electron chi connectivity index (χ0n) is 9.41. The second-order valence-electron chi connectivity index (χ2n) is 3.57. The van der Waals surface area contributed by atoms with Gasteiger partial charge in [-0.15, -0.1) is 0 Å². The summed E-state index contributed by atoms with van der Waals surface area (Å²) in [6, 6.07) is 0.0982. The van der Waals surface area contributed by atoms with Gasteiger partial charge in [0.2, 0.25) is 0 Å². The van der Waals surface area contributed by atoms with Gasteiger partial charge in [0.05, 0.1) is 12.5 Å². The van der Waals surface area contributed by atoms with Gasteiger partial charge in [-0.1, -0.05) is 20.3 Å². The fraction of sp³-hybridized carbons (Fsp3) is 0.900. The van der Waals surface area contributed by atoms with Gasteiger partial charge in [-0.2, -0.15) is 0 Å². The second-order valence-corrected chi connectivity index (χ2v) is 3.57. The van der Waals surface area contributed by atoms with Crippen LogP contribution in [0.4, 0.5) is 0 Å². The van der Waals surface area contributed by atoms with E-state index in [-0.39, 0.29) is 18.6 Å². The molecule has 4 heteroatoms. The highest BCUT2D eigenvalue weighted by molar-refractivity contribution is 5.67. The summed E-state index contributed by atoms with van der Waals surface area (Å²) in [6.45, 7) is 4.18. The van der Waals surface area contributed by atoms with Crippen LogP contribution < -0.4 is 5.32 Å². The predicted molar refractivity (Wildman–Crippen MR) is 55.4 cm³/mol. The summed E-state index contributed by atoms with van der Waals surface area (Å²) in [7, 11) is 3.39. The average Bonchev–Trinajstić information content (AvgIpc) is 2.16. The molecule has 0 bridgehead atoms. The van der Waals surface area contributed by atoms with E-state index in [1.807, 2.05) is 7.05 Å². The lowest BCUT2D eigenvalue weighted by atomic mass is 9.93. The summed E-state index contributed by atoms with van der Waals surface area (Å²) in [5, 5.41) is 11.8. The van der Waals surface area contributed by atoms with Crippen molar-refractivity contribution in [2.45, 2.75) is 38.8 Å². The predicted octanol–water partition coefficient (Wildman–Crippen LogP) is 1.11. The Labute approximate surface area is 85.6 Å². The molecule has 0 aliphatic carbocycles. The minimum atomic E-state index is -0.819. The number of methoxy groups -OCH3 is 1. The molecule has 0 unspecified atom stereocenters. The normalized spacial score (nSPS) is 17.4. The Bertz CT molecular complexity index is 173. The number of carbonyl (C=O) groups is 1. The molecule has 4 nitrogen and oxygen atoms in total. The van der Waals surface area contributed by atoms with E-state index >= 15 is 0 Å². The number of aliphatic carboxylic acids is 1. The highest BCUT2D eigenvalue weighted by Crippen LogP contribution is 2.15. The molecule has 0 rings (SSSR count). The maximum absolute atomic E-state index is 10.6. The van der Waals surface area contributed by atoms with Crippen molar-refractivity contribution in [3.63, 3.8) is 0 Å². The number of likely N-dealkylation sites (N-methyl/N-ethyl adjacent to an activating group) is 1. The van der Waals surface area contributed by atoms with Crippen LogP contribution in [-0.4, -0.2) is 37.4 Å². The van der Waals surface area contributed by atoms with Crippen LogP contribution in [0.5, 0.6) is 0 Å². The van der Waals surface area contributed by atoms with Crippen molar-refractivity contribution >= 4 is 5.97 Å². The van der Waals surface area contributed by atoms with Gasteiger partial charge >= 0.3 is 5.97 Å². The Morgan fingerprint density at radius 3 is 2.43 bits per heavy atom. The number of nitrogens with one attached hydrogen (secondary N) is 1. The van der Waals surface area contributed by atoms with E-state index in [2.05, 4.69) is 19.2 Å². The Hall–Kier alpha value is -0.610. The second kappa shape index (κ2) is 6.79. The standard InChI is InChI=1S/C10H21NO3/c1-5-7(2)10(11-3)8(14-4)6-9(12)13/h7-8,10-11H,5-6H2,1-4H3,(H,12,13)/t7-,8+,10-/m1/s1. The third-order valence-electron chi connectivity index (χ3n) is 2.67. The van der Waals surface area contributed by atoms with E-state index in [9.17, 15) is 4.79 Å². The van der Waals surface area contributed by atoms with Crippen LogP contribution in [0, 0.1) is 5.92 Å². The van der Waals surface area contributed by atoms with Crippen molar-refractivity contribution in [3.05, 3.63) is 0 Å². The summed E-state index contributed by atoms with van der Waals surface area (Å²) >= 11 is 0. The van der Waals surface area contributed by atoms with Crippen molar-refractivity contribution in [2.24, 2.45) is 5.92 Å². The molecule has 0 radical (unpaired) electrons. The van der Waals surface area contributed by atoms with Gasteiger partial charge in [-0.3, -0.25) is 4.79 Å². The number of hydrogen-bond donors (Lipinski definition) is 2. The molecule has 0 fully saturated rings. The molecule has 0 saturated carbocycles. The van der Waals surface area contributed by atoms with Crippen molar-refractivity contribution in [1.29, 1.82) is 0 Å². The van der Waals surface area contributed by atoms with Crippen LogP contribution in [0.25, 0.3) is 0 Å². The van der Waals surface area contributed by atoms with Crippen molar-refractivity contribution in [3.8, 4) is 0 Å². The molecular formula is C10H21NO3. The van der Waals surface area contributed by atoms with Gasteiger partial charge in [0, 0.05) is 13.2 Å². The van der Waals surface area contributed by atoms with Gasteiger partial charge in [0.15, 0.2) is 0 Å². The minimum Gasteiger partial charge on any atom is -0.481 e. The molecule has 3 atom stereocenters. The molecule has 0 amide bonds. The summed E-state index contributed by atoms with van der Waals surface area (Å²) in [5.41, 5.74) is 0. The Kier molecular flexibility index (Phi) is 6.49. The lowest BCUT2D eigenvalue weighted by Gasteiger charge is -2.29. The maximum Gasteiger partial charge on any atom is 0.306 e. The fourth-order valence-electron chi connectivity index (χ4n) is 1.62. The molecule has 0 aliphatic rings. The van der Waals surface area contributed by atoms with E-state index < -0.39 is 5.97 Å². The first-order chi connectivity index (χ1) is 6.56. The lowest BCUT2D eigenvalue weighted by molar-refractivity contribution is -0.140. The molecular weight excluding hydrogens is 182 g/mol. The topological polar surface area (TPSA) is 58.6 Å². The molecule has 14 heavy (non-hydrogen) atoms. The van der Waals surface area contributed by atoms with Crippen LogP contribution in [0.2, 0.25) is 0 Å². The Balaban J connectivity index is 4.35. The van der Waals surface area contributed by atoms with Crippen LogP contribution >= 0.6 is 0 Å². The van der Waals surface area contributed by atoms with Crippen LogP contribution in [-0.2, 0) is 9.53 Å². The smallest absolute Gasteiger partial charge is 0.306 e. The number of rotatable bonds is 7. The molecule has 0 aromatic heterocycles. The largest absolute Gasteiger partial charge is 0.481 e. The third-order valence-corrected chi connectivity index (χ3v) is 2.67. The van der Waals surface area contributed by atoms with Crippen LogP contribution in [0.15, 0.2) is 0 Å². The number of carboxylic acid groups (broad SMARTS) is 1. The van der Waals surface area contributed by atoms with E-state index in [1.165, 1.54) is 0 Å². The van der Waals surface area contributed by atoms with Crippen molar-refractivity contribution in [2.75, 3.05) is 14.2 Å². The Morgan fingerprint density at radius 1 is 1.57 bits per heavy atom. The number of carboxylic acids is 1. The molecule has 0 aliphatic heterocycles. The molecule has 2 N–H and O–H groups in total. The van der Waals surface area contributed by atoms with E-state index in [0.29, 0.717) is 5.92 Å². The maximum atomic E-state index is 10.6. The van der Waals surface area contributed by atoms with E-state index in [0.717, 1.165) is 6.42 Å². The monoisotopic (exact) mass is 203 g/mol. The lowest BCUT2D eigenvalue weighted by Crippen LogP contribution is -2.44. The first-order valence-electron chi connectivity index (χ1n) is 4.98. The summed E-state index contributed by atoms with van der Waals surface area (Å²) in [5.74, 6) is -0.412. The first kappa shape index (κ1) is 13.4. The summed E-state index contributed by atoms with van der Waals surface area (Å²) in [4.78, 5) is 10.6. The number of hydrogen-bond acceptors (Lipinski definition) is 3. The molecule has 0 saturated heterocycles. The Morgan fingerprint density at radius 2 is 2.14 bits per heavy atom. The zero-order valence-corrected chi connectivity index (χ0v) is 9.41. The van der Waals surface area contributed by atoms with Gasteiger partial charge < -0.3 is 15.2 Å². The molecule has 0 spiro atoms. The van der Waals surface area contributed by atoms with E-state index in [1.54, 1.807) is 7.11 Å².